The number of hydrogen-bond acceptors (Lipinski definition) is 5. The molecular formula is C11H14ClN5. The zero-order valence-electron chi connectivity index (χ0n) is 9.76. The average Bonchev–Trinajstić information content (AvgIpc) is 2.29. The zero-order valence-corrected chi connectivity index (χ0v) is 10.5. The Morgan fingerprint density at radius 3 is 1.94 bits per heavy atom. The van der Waals surface area contributed by atoms with E-state index in [1.54, 1.807) is 6.07 Å². The molecule has 2 rings (SSSR count). The van der Waals surface area contributed by atoms with Crippen LogP contribution in [0.15, 0.2) is 24.8 Å². The van der Waals surface area contributed by atoms with Crippen molar-refractivity contribution in [3.63, 3.8) is 0 Å². The summed E-state index contributed by atoms with van der Waals surface area (Å²) >= 11 is 5.49. The highest BCUT2D eigenvalue weighted by Crippen LogP contribution is 2.01. The lowest BCUT2D eigenvalue weighted by molar-refractivity contribution is 0.947. The van der Waals surface area contributed by atoms with Crippen LogP contribution in [0.4, 0.5) is 0 Å². The first-order chi connectivity index (χ1) is 8.11. The van der Waals surface area contributed by atoms with Gasteiger partial charge in [0.15, 0.2) is 0 Å². The summed E-state index contributed by atoms with van der Waals surface area (Å²) in [6.45, 7) is 4.28. The van der Waals surface area contributed by atoms with Gasteiger partial charge in [-0.15, -0.1) is 0 Å². The van der Waals surface area contributed by atoms with Gasteiger partial charge in [0, 0.05) is 17.9 Å². The van der Waals surface area contributed by atoms with Gasteiger partial charge in [0.25, 0.3) is 0 Å². The summed E-state index contributed by atoms with van der Waals surface area (Å²) in [5, 5.41) is 0.498. The van der Waals surface area contributed by atoms with Gasteiger partial charge >= 0.3 is 0 Å². The highest BCUT2D eigenvalue weighted by Gasteiger charge is 1.88. The van der Waals surface area contributed by atoms with Crippen molar-refractivity contribution in [2.75, 3.05) is 0 Å². The van der Waals surface area contributed by atoms with Crippen LogP contribution in [0.25, 0.3) is 0 Å². The molecule has 0 aliphatic carbocycles. The van der Waals surface area contributed by atoms with E-state index in [1.807, 2.05) is 19.9 Å². The van der Waals surface area contributed by atoms with Gasteiger partial charge in [-0.3, -0.25) is 0 Å². The maximum absolute atomic E-state index is 5.49. The Morgan fingerprint density at radius 2 is 1.59 bits per heavy atom. The van der Waals surface area contributed by atoms with Crippen molar-refractivity contribution < 1.29 is 0 Å². The molecule has 0 saturated heterocycles. The molecule has 0 spiro atoms. The summed E-state index contributed by atoms with van der Waals surface area (Å²) in [5.74, 6) is 0. The van der Waals surface area contributed by atoms with Crippen LogP contribution in [0.5, 0.6) is 0 Å². The minimum Gasteiger partial charge on any atom is -0.325 e. The molecule has 90 valence electrons. The van der Waals surface area contributed by atoms with Gasteiger partial charge in [-0.2, -0.15) is 0 Å². The number of nitrogens with two attached hydrogens (primary N) is 1. The number of rotatable bonds is 1. The van der Waals surface area contributed by atoms with Gasteiger partial charge in [-0.1, -0.05) is 11.6 Å². The molecule has 5 nitrogen and oxygen atoms in total. The molecule has 2 aromatic heterocycles. The van der Waals surface area contributed by atoms with E-state index in [-0.39, 0.29) is 0 Å². The zero-order chi connectivity index (χ0) is 12.7. The van der Waals surface area contributed by atoms with Crippen molar-refractivity contribution in [1.29, 1.82) is 0 Å². The fourth-order valence-corrected chi connectivity index (χ4v) is 1.24. The molecule has 0 amide bonds. The van der Waals surface area contributed by atoms with Crippen LogP contribution in [0.2, 0.25) is 5.15 Å². The fourth-order valence-electron chi connectivity index (χ4n) is 1.04. The Bertz CT molecular complexity index is 458. The first kappa shape index (κ1) is 13.5. The van der Waals surface area contributed by atoms with Gasteiger partial charge in [0.2, 0.25) is 0 Å². The van der Waals surface area contributed by atoms with E-state index in [0.29, 0.717) is 11.7 Å². The predicted octanol–water partition coefficient (Wildman–Crippen LogP) is 1.68. The molecule has 2 heterocycles. The van der Waals surface area contributed by atoms with E-state index in [1.165, 1.54) is 12.7 Å². The summed E-state index contributed by atoms with van der Waals surface area (Å²) in [7, 11) is 0. The van der Waals surface area contributed by atoms with Crippen molar-refractivity contribution >= 4 is 11.6 Å². The van der Waals surface area contributed by atoms with Crippen molar-refractivity contribution in [1.82, 2.24) is 19.9 Å². The summed E-state index contributed by atoms with van der Waals surface area (Å²) in [6.07, 6.45) is 2.97. The van der Waals surface area contributed by atoms with Crippen molar-refractivity contribution in [3.8, 4) is 0 Å². The molecule has 0 fully saturated rings. The van der Waals surface area contributed by atoms with E-state index < -0.39 is 0 Å². The summed E-state index contributed by atoms with van der Waals surface area (Å²) in [6, 6.07) is 3.58. The number of nitrogens with zero attached hydrogens (tertiary/aromatic N) is 4. The molecule has 0 radical (unpaired) electrons. The number of halogens is 1. The lowest BCUT2D eigenvalue weighted by Gasteiger charge is -1.93. The SMILES string of the molecule is Cc1cc(CN)ncn1.Cc1cc(Cl)ncn1. The lowest BCUT2D eigenvalue weighted by atomic mass is 10.3. The molecule has 0 atom stereocenters. The molecule has 2 N–H and O–H groups in total. The quantitative estimate of drug-likeness (QED) is 0.781. The minimum atomic E-state index is 0.489. The molecule has 6 heteroatoms. The Morgan fingerprint density at radius 1 is 1.00 bits per heavy atom. The highest BCUT2D eigenvalue weighted by molar-refractivity contribution is 6.29. The summed E-state index contributed by atoms with van der Waals surface area (Å²) in [5.41, 5.74) is 8.08. The molecule has 0 aromatic carbocycles. The molecular weight excluding hydrogens is 238 g/mol. The van der Waals surface area contributed by atoms with E-state index in [0.717, 1.165) is 17.1 Å². The van der Waals surface area contributed by atoms with Crippen LogP contribution >= 0.6 is 11.6 Å². The van der Waals surface area contributed by atoms with E-state index >= 15 is 0 Å². The third-order valence-electron chi connectivity index (χ3n) is 1.84. The standard InChI is InChI=1S/C6H9N3.C5H5ClN2/c1-5-2-6(3-7)9-4-8-5;1-4-2-5(6)8-3-7-4/h2,4H,3,7H2,1H3;2-3H,1H3. The van der Waals surface area contributed by atoms with E-state index in [9.17, 15) is 0 Å². The van der Waals surface area contributed by atoms with Crippen molar-refractivity contribution in [3.05, 3.63) is 47.0 Å². The van der Waals surface area contributed by atoms with Crippen LogP contribution in [0.1, 0.15) is 17.1 Å². The van der Waals surface area contributed by atoms with Gasteiger partial charge in [0.1, 0.15) is 17.8 Å². The van der Waals surface area contributed by atoms with E-state index in [4.69, 9.17) is 17.3 Å². The molecule has 0 bridgehead atoms. The van der Waals surface area contributed by atoms with Crippen LogP contribution in [-0.4, -0.2) is 19.9 Å². The molecule has 0 unspecified atom stereocenters. The Labute approximate surface area is 105 Å². The van der Waals surface area contributed by atoms with Crippen molar-refractivity contribution in [2.24, 2.45) is 5.73 Å². The molecule has 2 aromatic rings. The monoisotopic (exact) mass is 251 g/mol. The lowest BCUT2D eigenvalue weighted by Crippen LogP contribution is -2.00. The Balaban J connectivity index is 0.000000171. The van der Waals surface area contributed by atoms with Gasteiger partial charge in [-0.05, 0) is 26.0 Å². The number of aromatic nitrogens is 4. The first-order valence-electron chi connectivity index (χ1n) is 5.03. The normalized spacial score (nSPS) is 9.41. The van der Waals surface area contributed by atoms with Gasteiger partial charge in [0.05, 0.1) is 5.69 Å². The third kappa shape index (κ3) is 5.33. The number of hydrogen-bond donors (Lipinski definition) is 1. The second-order valence-electron chi connectivity index (χ2n) is 3.34. The molecule has 17 heavy (non-hydrogen) atoms. The number of aryl methyl sites for hydroxylation is 2. The second kappa shape index (κ2) is 6.88. The average molecular weight is 252 g/mol. The highest BCUT2D eigenvalue weighted by atomic mass is 35.5. The van der Waals surface area contributed by atoms with Crippen LogP contribution in [0, 0.1) is 13.8 Å². The van der Waals surface area contributed by atoms with Gasteiger partial charge in [-0.25, -0.2) is 19.9 Å². The Kier molecular flexibility index (Phi) is 5.45. The third-order valence-corrected chi connectivity index (χ3v) is 2.05. The Hall–Kier alpha value is -1.59. The first-order valence-corrected chi connectivity index (χ1v) is 5.41. The van der Waals surface area contributed by atoms with Crippen LogP contribution in [-0.2, 0) is 6.54 Å². The maximum Gasteiger partial charge on any atom is 0.132 e. The van der Waals surface area contributed by atoms with E-state index in [2.05, 4.69) is 19.9 Å². The summed E-state index contributed by atoms with van der Waals surface area (Å²) in [4.78, 5) is 15.4. The van der Waals surface area contributed by atoms with Crippen molar-refractivity contribution in [2.45, 2.75) is 20.4 Å². The van der Waals surface area contributed by atoms with Gasteiger partial charge < -0.3 is 5.73 Å². The maximum atomic E-state index is 5.49. The topological polar surface area (TPSA) is 77.6 Å². The smallest absolute Gasteiger partial charge is 0.132 e. The predicted molar refractivity (Wildman–Crippen MR) is 66.4 cm³/mol. The fraction of sp³-hybridized carbons (Fsp3) is 0.273. The molecule has 0 aliphatic rings. The largest absolute Gasteiger partial charge is 0.325 e. The summed E-state index contributed by atoms with van der Waals surface area (Å²) < 4.78 is 0. The molecule has 0 saturated carbocycles. The minimum absolute atomic E-state index is 0.489. The molecule has 0 aliphatic heterocycles. The second-order valence-corrected chi connectivity index (χ2v) is 3.72. The van der Waals surface area contributed by atoms with Crippen LogP contribution in [0.3, 0.4) is 0 Å². The van der Waals surface area contributed by atoms with Crippen LogP contribution < -0.4 is 5.73 Å².